The third-order valence-electron chi connectivity index (χ3n) is 4.15. The van der Waals surface area contributed by atoms with E-state index >= 15 is 0 Å². The van der Waals surface area contributed by atoms with E-state index < -0.39 is 0 Å². The SMILES string of the molecule is C.C=CC(=O)OCCCC.CCCCOC(=O)/C=C/c1ccc(C)cc1.Cc1ccc(Cl)cc1. The summed E-state index contributed by atoms with van der Waals surface area (Å²) in [5.74, 6) is -0.600. The van der Waals surface area contributed by atoms with Gasteiger partial charge < -0.3 is 9.47 Å². The van der Waals surface area contributed by atoms with E-state index in [1.807, 2.05) is 69.3 Å². The Bertz CT molecular complexity index is 803. The zero-order valence-corrected chi connectivity index (χ0v) is 21.1. The smallest absolute Gasteiger partial charge is 0.330 e. The van der Waals surface area contributed by atoms with Gasteiger partial charge >= 0.3 is 11.9 Å². The van der Waals surface area contributed by atoms with Gasteiger partial charge in [0.25, 0.3) is 0 Å². The van der Waals surface area contributed by atoms with Crippen molar-refractivity contribution in [2.75, 3.05) is 13.2 Å². The highest BCUT2D eigenvalue weighted by atomic mass is 35.5. The summed E-state index contributed by atoms with van der Waals surface area (Å²) in [6.07, 6.45) is 8.35. The van der Waals surface area contributed by atoms with Gasteiger partial charge in [0.05, 0.1) is 13.2 Å². The molecule has 0 saturated carbocycles. The second kappa shape index (κ2) is 22.0. The molecule has 4 nitrogen and oxygen atoms in total. The number of aryl methyl sites for hydroxylation is 2. The highest BCUT2D eigenvalue weighted by Crippen LogP contribution is 2.07. The first kappa shape index (κ1) is 33.3. The van der Waals surface area contributed by atoms with Gasteiger partial charge in [0.2, 0.25) is 0 Å². The Morgan fingerprint density at radius 3 is 1.68 bits per heavy atom. The summed E-state index contributed by atoms with van der Waals surface area (Å²) >= 11 is 5.61. The number of rotatable bonds is 9. The minimum atomic E-state index is -0.330. The summed E-state index contributed by atoms with van der Waals surface area (Å²) in [5.41, 5.74) is 3.47. The van der Waals surface area contributed by atoms with Crippen LogP contribution in [-0.4, -0.2) is 25.2 Å². The molecule has 2 aromatic rings. The standard InChI is InChI=1S/C14H18O2.C7H7Cl.C7H12O2.CH4/c1-3-4-11-16-14(15)10-9-13-7-5-12(2)6-8-13;1-6-2-4-7(8)5-3-6;1-3-5-6-9-7(8)4-2;/h5-10H,3-4,11H2,1-2H3;2-5H,1H3;4H,2-3,5-6H2,1H3;1H4/b10-9+;;;. The molecule has 0 aliphatic carbocycles. The number of benzene rings is 2. The van der Waals surface area contributed by atoms with E-state index in [9.17, 15) is 9.59 Å². The van der Waals surface area contributed by atoms with Crippen molar-refractivity contribution in [3.8, 4) is 0 Å². The van der Waals surface area contributed by atoms with Gasteiger partial charge in [-0.05, 0) is 50.5 Å². The molecule has 0 bridgehead atoms. The highest BCUT2D eigenvalue weighted by molar-refractivity contribution is 6.30. The van der Waals surface area contributed by atoms with Crippen LogP contribution in [0.15, 0.2) is 67.3 Å². The second-order valence-corrected chi connectivity index (χ2v) is 7.72. The van der Waals surface area contributed by atoms with Crippen LogP contribution in [0.5, 0.6) is 0 Å². The Morgan fingerprint density at radius 2 is 1.26 bits per heavy atom. The van der Waals surface area contributed by atoms with Gasteiger partial charge in [0.1, 0.15) is 0 Å². The van der Waals surface area contributed by atoms with Gasteiger partial charge in [0.15, 0.2) is 0 Å². The predicted octanol–water partition coefficient (Wildman–Crippen LogP) is 8.15. The molecule has 0 saturated heterocycles. The summed E-state index contributed by atoms with van der Waals surface area (Å²) in [5, 5.41) is 0.801. The predicted molar refractivity (Wildman–Crippen MR) is 145 cm³/mol. The minimum absolute atomic E-state index is 0. The van der Waals surface area contributed by atoms with Crippen molar-refractivity contribution >= 4 is 29.6 Å². The lowest BCUT2D eigenvalue weighted by molar-refractivity contribution is -0.138. The van der Waals surface area contributed by atoms with Crippen LogP contribution >= 0.6 is 11.6 Å². The Kier molecular flexibility index (Phi) is 21.5. The first-order valence-electron chi connectivity index (χ1n) is 11.2. The van der Waals surface area contributed by atoms with Crippen molar-refractivity contribution in [3.05, 3.63) is 89.0 Å². The van der Waals surface area contributed by atoms with Crippen molar-refractivity contribution in [2.24, 2.45) is 0 Å². The van der Waals surface area contributed by atoms with Crippen LogP contribution < -0.4 is 0 Å². The van der Waals surface area contributed by atoms with Crippen LogP contribution in [-0.2, 0) is 19.1 Å². The molecule has 0 heterocycles. The Balaban J connectivity index is 0. The quantitative estimate of drug-likeness (QED) is 0.203. The monoisotopic (exact) mass is 488 g/mol. The Morgan fingerprint density at radius 1 is 0.824 bits per heavy atom. The number of hydrogen-bond acceptors (Lipinski definition) is 4. The minimum Gasteiger partial charge on any atom is -0.463 e. The molecule has 0 aromatic heterocycles. The Labute approximate surface area is 211 Å². The highest BCUT2D eigenvalue weighted by Gasteiger charge is 1.95. The van der Waals surface area contributed by atoms with Gasteiger partial charge in [-0.2, -0.15) is 0 Å². The number of carbonyl (C=O) groups is 2. The van der Waals surface area contributed by atoms with E-state index in [0.717, 1.165) is 36.3 Å². The average molecular weight is 489 g/mol. The van der Waals surface area contributed by atoms with Gasteiger partial charge in [0, 0.05) is 17.2 Å². The number of esters is 2. The van der Waals surface area contributed by atoms with Crippen LogP contribution in [0.1, 0.15) is 63.6 Å². The van der Waals surface area contributed by atoms with Gasteiger partial charge in [-0.3, -0.25) is 0 Å². The lowest BCUT2D eigenvalue weighted by Gasteiger charge is -1.99. The molecular weight excluding hydrogens is 448 g/mol. The third-order valence-corrected chi connectivity index (χ3v) is 4.40. The van der Waals surface area contributed by atoms with Crippen molar-refractivity contribution < 1.29 is 19.1 Å². The zero-order valence-electron chi connectivity index (χ0n) is 20.3. The molecule has 0 aliphatic rings. The number of carbonyl (C=O) groups excluding carboxylic acids is 2. The van der Waals surface area contributed by atoms with E-state index in [4.69, 9.17) is 16.3 Å². The topological polar surface area (TPSA) is 52.6 Å². The number of ether oxygens (including phenoxy) is 2. The van der Waals surface area contributed by atoms with Crippen molar-refractivity contribution in [1.29, 1.82) is 0 Å². The summed E-state index contributed by atoms with van der Waals surface area (Å²) in [6.45, 7) is 12.5. The molecule has 0 atom stereocenters. The lowest BCUT2D eigenvalue weighted by atomic mass is 10.1. The summed E-state index contributed by atoms with van der Waals surface area (Å²) < 4.78 is 9.68. The molecule has 0 fully saturated rings. The number of halogens is 1. The van der Waals surface area contributed by atoms with E-state index in [0.29, 0.717) is 13.2 Å². The van der Waals surface area contributed by atoms with Gasteiger partial charge in [-0.15, -0.1) is 0 Å². The van der Waals surface area contributed by atoms with Crippen LogP contribution in [0.3, 0.4) is 0 Å². The molecule has 34 heavy (non-hydrogen) atoms. The van der Waals surface area contributed by atoms with Crippen molar-refractivity contribution in [2.45, 2.75) is 60.8 Å². The number of unbranched alkanes of at least 4 members (excludes halogenated alkanes) is 2. The Hall–Kier alpha value is -2.85. The first-order valence-corrected chi connectivity index (χ1v) is 11.6. The van der Waals surface area contributed by atoms with Gasteiger partial charge in [-0.1, -0.05) is 99.8 Å². The fourth-order valence-corrected chi connectivity index (χ4v) is 2.24. The molecule has 0 N–H and O–H groups in total. The normalized spacial score (nSPS) is 9.44. The molecule has 5 heteroatoms. The average Bonchev–Trinajstić information content (AvgIpc) is 2.81. The molecule has 0 spiro atoms. The maximum atomic E-state index is 11.2. The summed E-state index contributed by atoms with van der Waals surface area (Å²) in [4.78, 5) is 21.6. The fourth-order valence-electron chi connectivity index (χ4n) is 2.12. The summed E-state index contributed by atoms with van der Waals surface area (Å²) in [7, 11) is 0. The molecule has 0 radical (unpaired) electrons. The van der Waals surface area contributed by atoms with Crippen LogP contribution in [0.25, 0.3) is 6.08 Å². The summed E-state index contributed by atoms with van der Waals surface area (Å²) in [6, 6.07) is 15.7. The van der Waals surface area contributed by atoms with Gasteiger partial charge in [-0.25, -0.2) is 9.59 Å². The largest absolute Gasteiger partial charge is 0.463 e. The van der Waals surface area contributed by atoms with Crippen molar-refractivity contribution in [1.82, 2.24) is 0 Å². The fraction of sp³-hybridized carbons (Fsp3) is 0.379. The third kappa shape index (κ3) is 19.8. The molecule has 0 amide bonds. The van der Waals surface area contributed by atoms with E-state index in [1.54, 1.807) is 6.08 Å². The molecular formula is C29H41ClO4. The molecule has 2 rings (SSSR count). The molecule has 2 aromatic carbocycles. The molecule has 188 valence electrons. The van der Waals surface area contributed by atoms with E-state index in [-0.39, 0.29) is 19.4 Å². The molecule has 0 unspecified atom stereocenters. The van der Waals surface area contributed by atoms with E-state index in [1.165, 1.54) is 23.3 Å². The molecule has 0 aliphatic heterocycles. The van der Waals surface area contributed by atoms with Crippen molar-refractivity contribution in [3.63, 3.8) is 0 Å². The van der Waals surface area contributed by atoms with E-state index in [2.05, 4.69) is 18.2 Å². The maximum Gasteiger partial charge on any atom is 0.330 e. The van der Waals surface area contributed by atoms with Crippen LogP contribution in [0, 0.1) is 13.8 Å². The first-order chi connectivity index (χ1) is 15.8. The number of hydrogen-bond donors (Lipinski definition) is 0. The van der Waals surface area contributed by atoms with Crippen LogP contribution in [0.2, 0.25) is 5.02 Å². The maximum absolute atomic E-state index is 11.2. The lowest BCUT2D eigenvalue weighted by Crippen LogP contribution is -2.01. The zero-order chi connectivity index (χ0) is 24.9. The second-order valence-electron chi connectivity index (χ2n) is 7.29. The van der Waals surface area contributed by atoms with Crippen LogP contribution in [0.4, 0.5) is 0 Å².